The molecule has 0 saturated carbocycles. The summed E-state index contributed by atoms with van der Waals surface area (Å²) in [7, 11) is 1.93. The fraction of sp³-hybridized carbons (Fsp3) is 0.167. The van der Waals surface area contributed by atoms with E-state index in [0.29, 0.717) is 11.8 Å². The fourth-order valence-corrected chi connectivity index (χ4v) is 2.76. The zero-order valence-corrected chi connectivity index (χ0v) is 14.4. The quantitative estimate of drug-likeness (QED) is 0.552. The molecule has 4 rings (SSSR count). The first-order valence-electron chi connectivity index (χ1n) is 8.14. The van der Waals surface area contributed by atoms with Crippen LogP contribution in [-0.2, 0) is 7.05 Å². The molecule has 0 spiro atoms. The van der Waals surface area contributed by atoms with Crippen LogP contribution in [0.25, 0.3) is 11.4 Å². The molecule has 4 aromatic rings. The molecule has 3 heterocycles. The molecule has 0 aliphatic heterocycles. The molecule has 0 radical (unpaired) electrons. The maximum atomic E-state index is 5.63. The van der Waals surface area contributed by atoms with E-state index in [9.17, 15) is 0 Å². The van der Waals surface area contributed by atoms with Crippen molar-refractivity contribution < 1.29 is 4.74 Å². The SMILES string of the molecule is C[C@@H](c1nncn1C)n1ccnc1-c1ccc(Oc2ncccn2)cc1. The van der Waals surface area contributed by atoms with Crippen LogP contribution in [0.5, 0.6) is 11.8 Å². The first kappa shape index (κ1) is 15.9. The van der Waals surface area contributed by atoms with Gasteiger partial charge in [-0.2, -0.15) is 0 Å². The molecular weight excluding hydrogens is 330 g/mol. The van der Waals surface area contributed by atoms with Crippen LogP contribution in [-0.4, -0.2) is 34.3 Å². The van der Waals surface area contributed by atoms with Gasteiger partial charge in [0.2, 0.25) is 0 Å². The summed E-state index contributed by atoms with van der Waals surface area (Å²) < 4.78 is 9.61. The summed E-state index contributed by atoms with van der Waals surface area (Å²) in [6.45, 7) is 2.07. The van der Waals surface area contributed by atoms with Gasteiger partial charge in [0, 0.05) is 37.4 Å². The molecule has 0 unspecified atom stereocenters. The fourth-order valence-electron chi connectivity index (χ4n) is 2.76. The highest BCUT2D eigenvalue weighted by molar-refractivity contribution is 5.57. The summed E-state index contributed by atoms with van der Waals surface area (Å²) in [4.78, 5) is 12.6. The van der Waals surface area contributed by atoms with E-state index in [-0.39, 0.29) is 6.04 Å². The summed E-state index contributed by atoms with van der Waals surface area (Å²) >= 11 is 0. The van der Waals surface area contributed by atoms with Crippen molar-refractivity contribution in [3.8, 4) is 23.1 Å². The Bertz CT molecular complexity index is 992. The molecule has 0 fully saturated rings. The predicted molar refractivity (Wildman–Crippen MR) is 94.6 cm³/mol. The van der Waals surface area contributed by atoms with Crippen LogP contribution in [0.4, 0.5) is 0 Å². The van der Waals surface area contributed by atoms with Gasteiger partial charge in [-0.25, -0.2) is 15.0 Å². The van der Waals surface area contributed by atoms with Gasteiger partial charge in [-0.3, -0.25) is 0 Å². The molecule has 0 aliphatic carbocycles. The van der Waals surface area contributed by atoms with E-state index < -0.39 is 0 Å². The van der Waals surface area contributed by atoms with E-state index in [1.165, 1.54) is 0 Å². The molecule has 26 heavy (non-hydrogen) atoms. The van der Waals surface area contributed by atoms with Crippen LogP contribution < -0.4 is 4.74 Å². The van der Waals surface area contributed by atoms with E-state index in [2.05, 4.69) is 36.6 Å². The Hall–Kier alpha value is -3.55. The van der Waals surface area contributed by atoms with Gasteiger partial charge in [-0.05, 0) is 37.3 Å². The average Bonchev–Trinajstić information content (AvgIpc) is 3.32. The van der Waals surface area contributed by atoms with Crippen LogP contribution in [0.15, 0.2) is 61.4 Å². The Morgan fingerprint density at radius 3 is 2.46 bits per heavy atom. The molecule has 0 aliphatic rings. The van der Waals surface area contributed by atoms with E-state index in [1.807, 2.05) is 42.1 Å². The van der Waals surface area contributed by atoms with Crippen molar-refractivity contribution in [2.75, 3.05) is 0 Å². The number of nitrogens with zero attached hydrogens (tertiary/aromatic N) is 7. The molecule has 130 valence electrons. The number of imidazole rings is 1. The lowest BCUT2D eigenvalue weighted by atomic mass is 10.2. The number of rotatable bonds is 5. The lowest BCUT2D eigenvalue weighted by molar-refractivity contribution is 0.442. The third kappa shape index (κ3) is 3.04. The second-order valence-corrected chi connectivity index (χ2v) is 5.79. The number of ether oxygens (including phenoxy) is 1. The summed E-state index contributed by atoms with van der Waals surface area (Å²) in [6, 6.07) is 9.73. The third-order valence-corrected chi connectivity index (χ3v) is 4.07. The van der Waals surface area contributed by atoms with Crippen molar-refractivity contribution in [2.24, 2.45) is 7.05 Å². The number of benzene rings is 1. The van der Waals surface area contributed by atoms with E-state index >= 15 is 0 Å². The Labute approximate surface area is 150 Å². The average molecular weight is 347 g/mol. The van der Waals surface area contributed by atoms with Crippen molar-refractivity contribution >= 4 is 0 Å². The lowest BCUT2D eigenvalue weighted by Gasteiger charge is -2.15. The van der Waals surface area contributed by atoms with Gasteiger partial charge in [0.25, 0.3) is 0 Å². The minimum atomic E-state index is 0.00800. The number of aromatic nitrogens is 7. The van der Waals surface area contributed by atoms with Crippen LogP contribution in [0.2, 0.25) is 0 Å². The van der Waals surface area contributed by atoms with Gasteiger partial charge in [0.05, 0.1) is 6.04 Å². The van der Waals surface area contributed by atoms with E-state index in [0.717, 1.165) is 17.2 Å². The molecule has 0 saturated heterocycles. The maximum Gasteiger partial charge on any atom is 0.321 e. The smallest absolute Gasteiger partial charge is 0.321 e. The highest BCUT2D eigenvalue weighted by atomic mass is 16.5. The minimum absolute atomic E-state index is 0.00800. The predicted octanol–water partition coefficient (Wildman–Crippen LogP) is 2.87. The summed E-state index contributed by atoms with van der Waals surface area (Å²) in [6.07, 6.45) is 8.70. The van der Waals surface area contributed by atoms with Crippen molar-refractivity contribution in [1.82, 2.24) is 34.3 Å². The van der Waals surface area contributed by atoms with Gasteiger partial charge in [-0.1, -0.05) is 0 Å². The van der Waals surface area contributed by atoms with E-state index in [4.69, 9.17) is 4.74 Å². The molecule has 8 nitrogen and oxygen atoms in total. The van der Waals surface area contributed by atoms with Gasteiger partial charge in [-0.15, -0.1) is 10.2 Å². The van der Waals surface area contributed by atoms with Crippen molar-refractivity contribution in [1.29, 1.82) is 0 Å². The molecule has 1 atom stereocenters. The standard InChI is InChI=1S/C18H17N7O/c1-13(16-23-22-12-24(16)2)25-11-10-19-17(25)14-4-6-15(7-5-14)26-18-20-8-3-9-21-18/h3-13H,1-2H3/t13-/m0/s1. The highest BCUT2D eigenvalue weighted by Gasteiger charge is 2.17. The van der Waals surface area contributed by atoms with E-state index in [1.54, 1.807) is 31.0 Å². The normalized spacial score (nSPS) is 12.1. The highest BCUT2D eigenvalue weighted by Crippen LogP contribution is 2.26. The zero-order chi connectivity index (χ0) is 17.9. The number of hydrogen-bond acceptors (Lipinski definition) is 6. The van der Waals surface area contributed by atoms with Crippen LogP contribution >= 0.6 is 0 Å². The molecular formula is C18H17N7O. The number of aryl methyl sites for hydroxylation is 1. The monoisotopic (exact) mass is 347 g/mol. The Balaban J connectivity index is 1.59. The third-order valence-electron chi connectivity index (χ3n) is 4.07. The molecule has 0 amide bonds. The van der Waals surface area contributed by atoms with Crippen LogP contribution in [0.1, 0.15) is 18.8 Å². The molecule has 0 bridgehead atoms. The molecule has 3 aromatic heterocycles. The molecule has 8 heteroatoms. The second kappa shape index (κ2) is 6.75. The summed E-state index contributed by atoms with van der Waals surface area (Å²) in [5.41, 5.74) is 0.977. The van der Waals surface area contributed by atoms with Crippen LogP contribution in [0.3, 0.4) is 0 Å². The Morgan fingerprint density at radius 1 is 1.00 bits per heavy atom. The topological polar surface area (TPSA) is 83.5 Å². The lowest BCUT2D eigenvalue weighted by Crippen LogP contribution is -2.12. The second-order valence-electron chi connectivity index (χ2n) is 5.79. The van der Waals surface area contributed by atoms with Crippen molar-refractivity contribution in [3.05, 3.63) is 67.3 Å². The Morgan fingerprint density at radius 2 is 1.77 bits per heavy atom. The largest absolute Gasteiger partial charge is 0.424 e. The van der Waals surface area contributed by atoms with Gasteiger partial charge in [0.15, 0.2) is 5.82 Å². The van der Waals surface area contributed by atoms with Gasteiger partial charge >= 0.3 is 6.01 Å². The van der Waals surface area contributed by atoms with Crippen molar-refractivity contribution in [2.45, 2.75) is 13.0 Å². The summed E-state index contributed by atoms with van der Waals surface area (Å²) in [5, 5.41) is 8.16. The van der Waals surface area contributed by atoms with Gasteiger partial charge in [0.1, 0.15) is 17.9 Å². The summed E-state index contributed by atoms with van der Waals surface area (Å²) in [5.74, 6) is 2.38. The van der Waals surface area contributed by atoms with Gasteiger partial charge < -0.3 is 13.9 Å². The maximum absolute atomic E-state index is 5.63. The molecule has 0 N–H and O–H groups in total. The first-order valence-corrected chi connectivity index (χ1v) is 8.14. The van der Waals surface area contributed by atoms with Crippen LogP contribution in [0, 0.1) is 0 Å². The Kier molecular flexibility index (Phi) is 4.14. The number of hydrogen-bond donors (Lipinski definition) is 0. The first-order chi connectivity index (χ1) is 12.7. The minimum Gasteiger partial charge on any atom is -0.424 e. The molecule has 1 aromatic carbocycles. The zero-order valence-electron chi connectivity index (χ0n) is 14.4. The van der Waals surface area contributed by atoms with Crippen molar-refractivity contribution in [3.63, 3.8) is 0 Å².